The summed E-state index contributed by atoms with van der Waals surface area (Å²) in [6, 6.07) is 4.51. The summed E-state index contributed by atoms with van der Waals surface area (Å²) in [4.78, 5) is 10.4. The second-order valence-electron chi connectivity index (χ2n) is 4.12. The van der Waals surface area contributed by atoms with E-state index in [0.717, 1.165) is 5.56 Å². The normalized spacial score (nSPS) is 18.2. The first-order valence-electron chi connectivity index (χ1n) is 5.39. The highest BCUT2D eigenvalue weighted by atomic mass is 32.2. The molecule has 1 aromatic carbocycles. The van der Waals surface area contributed by atoms with Crippen molar-refractivity contribution in [1.82, 2.24) is 4.72 Å². The van der Waals surface area contributed by atoms with Gasteiger partial charge in [0.15, 0.2) is 0 Å². The van der Waals surface area contributed by atoms with Crippen LogP contribution in [0.3, 0.4) is 0 Å². The molecule has 0 fully saturated rings. The van der Waals surface area contributed by atoms with Crippen molar-refractivity contribution in [2.75, 3.05) is 6.54 Å². The molecule has 0 bridgehead atoms. The number of rotatable bonds is 4. The summed E-state index contributed by atoms with van der Waals surface area (Å²) in [5, 5.41) is 8.47. The lowest BCUT2D eigenvalue weighted by Gasteiger charge is -2.06. The number of benzene rings is 1. The Kier molecular flexibility index (Phi) is 3.27. The van der Waals surface area contributed by atoms with E-state index in [4.69, 9.17) is 9.84 Å². The first-order valence-corrected chi connectivity index (χ1v) is 6.88. The monoisotopic (exact) mass is 271 g/mol. The molecule has 2 rings (SSSR count). The minimum atomic E-state index is -3.78. The van der Waals surface area contributed by atoms with Gasteiger partial charge in [0.2, 0.25) is 10.0 Å². The average Bonchev–Trinajstić information content (AvgIpc) is 2.65. The number of carboxylic acid groups (broad SMARTS) is 1. The van der Waals surface area contributed by atoms with Gasteiger partial charge in [0.1, 0.15) is 18.4 Å². The summed E-state index contributed by atoms with van der Waals surface area (Å²) in [5.41, 5.74) is 0.820. The molecule has 18 heavy (non-hydrogen) atoms. The van der Waals surface area contributed by atoms with Crippen molar-refractivity contribution in [3.8, 4) is 5.75 Å². The zero-order chi connectivity index (χ0) is 13.3. The summed E-state index contributed by atoms with van der Waals surface area (Å²) in [7, 11) is -3.78. The minimum Gasteiger partial charge on any atom is -0.490 e. The third-order valence-corrected chi connectivity index (χ3v) is 3.99. The van der Waals surface area contributed by atoms with E-state index in [0.29, 0.717) is 12.2 Å². The first-order chi connectivity index (χ1) is 8.38. The molecule has 1 aromatic rings. The molecule has 2 N–H and O–H groups in total. The first kappa shape index (κ1) is 12.8. The second kappa shape index (κ2) is 4.58. The number of hydrogen-bond donors (Lipinski definition) is 2. The minimum absolute atomic E-state index is 0.0323. The van der Waals surface area contributed by atoms with E-state index >= 15 is 0 Å². The maximum absolute atomic E-state index is 11.8. The van der Waals surface area contributed by atoms with Crippen LogP contribution in [0.5, 0.6) is 5.75 Å². The van der Waals surface area contributed by atoms with Crippen LogP contribution in [-0.4, -0.2) is 32.1 Å². The molecule has 1 unspecified atom stereocenters. The van der Waals surface area contributed by atoms with Gasteiger partial charge in [-0.3, -0.25) is 4.79 Å². The fraction of sp³-hybridized carbons (Fsp3) is 0.364. The van der Waals surface area contributed by atoms with Crippen molar-refractivity contribution in [2.45, 2.75) is 24.3 Å². The number of sulfonamides is 1. The molecule has 1 aliphatic rings. The lowest BCUT2D eigenvalue weighted by Crippen LogP contribution is -2.29. The van der Waals surface area contributed by atoms with E-state index in [1.165, 1.54) is 12.1 Å². The average molecular weight is 271 g/mol. The van der Waals surface area contributed by atoms with Gasteiger partial charge in [-0.15, -0.1) is 0 Å². The predicted molar refractivity (Wildman–Crippen MR) is 63.1 cm³/mol. The van der Waals surface area contributed by atoms with Crippen LogP contribution in [0.15, 0.2) is 23.1 Å². The van der Waals surface area contributed by atoms with E-state index in [9.17, 15) is 13.2 Å². The molecule has 98 valence electrons. The molecule has 1 heterocycles. The topological polar surface area (TPSA) is 92.7 Å². The molecular formula is C11H13NO5S. The van der Waals surface area contributed by atoms with Crippen molar-refractivity contribution in [3.63, 3.8) is 0 Å². The Labute approximate surface area is 105 Å². The number of aliphatic carboxylic acids is 1. The van der Waals surface area contributed by atoms with Crippen molar-refractivity contribution in [3.05, 3.63) is 23.8 Å². The lowest BCUT2D eigenvalue weighted by molar-refractivity contribution is -0.135. The highest BCUT2D eigenvalue weighted by Gasteiger charge is 2.22. The van der Waals surface area contributed by atoms with Gasteiger partial charge in [0.05, 0.1) is 4.90 Å². The molecule has 0 saturated carbocycles. The Morgan fingerprint density at radius 3 is 2.94 bits per heavy atom. The lowest BCUT2D eigenvalue weighted by atomic mass is 10.1. The highest BCUT2D eigenvalue weighted by molar-refractivity contribution is 7.89. The van der Waals surface area contributed by atoms with Gasteiger partial charge in [0.25, 0.3) is 0 Å². The fourth-order valence-corrected chi connectivity index (χ4v) is 2.83. The van der Waals surface area contributed by atoms with Crippen LogP contribution < -0.4 is 9.46 Å². The van der Waals surface area contributed by atoms with Crippen LogP contribution in [0.4, 0.5) is 0 Å². The number of carboxylic acids is 1. The van der Waals surface area contributed by atoms with Crippen molar-refractivity contribution < 1.29 is 23.1 Å². The van der Waals surface area contributed by atoms with Crippen molar-refractivity contribution in [2.24, 2.45) is 0 Å². The molecule has 0 aliphatic carbocycles. The van der Waals surface area contributed by atoms with Gasteiger partial charge >= 0.3 is 5.97 Å². The van der Waals surface area contributed by atoms with Gasteiger partial charge < -0.3 is 9.84 Å². The Balaban J connectivity index is 2.24. The Hall–Kier alpha value is -1.60. The van der Waals surface area contributed by atoms with E-state index in [1.807, 2.05) is 11.6 Å². The quantitative estimate of drug-likeness (QED) is 0.825. The molecule has 0 spiro atoms. The van der Waals surface area contributed by atoms with E-state index in [2.05, 4.69) is 0 Å². The standard InChI is InChI=1S/C11H13NO5S/c1-7-4-8-5-9(2-3-10(8)17-7)18(15,16)12-6-11(13)14/h2-3,5,7,12H,4,6H2,1H3,(H,13,14). The number of ether oxygens (including phenoxy) is 1. The van der Waals surface area contributed by atoms with Gasteiger partial charge in [-0.1, -0.05) is 0 Å². The molecule has 0 aromatic heterocycles. The van der Waals surface area contributed by atoms with Gasteiger partial charge in [-0.05, 0) is 30.7 Å². The van der Waals surface area contributed by atoms with E-state index in [1.54, 1.807) is 6.07 Å². The smallest absolute Gasteiger partial charge is 0.318 e. The van der Waals surface area contributed by atoms with Gasteiger partial charge in [-0.25, -0.2) is 8.42 Å². The molecule has 0 saturated heterocycles. The molecular weight excluding hydrogens is 258 g/mol. The van der Waals surface area contributed by atoms with E-state index in [-0.39, 0.29) is 11.0 Å². The number of carbonyl (C=O) groups is 1. The third kappa shape index (κ3) is 2.62. The van der Waals surface area contributed by atoms with Crippen LogP contribution in [0.1, 0.15) is 12.5 Å². The summed E-state index contributed by atoms with van der Waals surface area (Å²) in [6.45, 7) is 1.27. The Morgan fingerprint density at radius 2 is 2.28 bits per heavy atom. The molecule has 1 aliphatic heterocycles. The predicted octanol–water partition coefficient (Wildman–Crippen LogP) is 0.373. The van der Waals surface area contributed by atoms with Gasteiger partial charge in [0, 0.05) is 6.42 Å². The third-order valence-electron chi connectivity index (χ3n) is 2.59. The van der Waals surface area contributed by atoms with Crippen LogP contribution in [0.25, 0.3) is 0 Å². The SMILES string of the molecule is CC1Cc2cc(S(=O)(=O)NCC(=O)O)ccc2O1. The zero-order valence-corrected chi connectivity index (χ0v) is 10.5. The molecule has 0 radical (unpaired) electrons. The van der Waals surface area contributed by atoms with Crippen LogP contribution >= 0.6 is 0 Å². The fourth-order valence-electron chi connectivity index (χ4n) is 1.81. The number of nitrogens with one attached hydrogen (secondary N) is 1. The maximum atomic E-state index is 11.8. The molecule has 1 atom stereocenters. The number of fused-ring (bicyclic) bond motifs is 1. The number of hydrogen-bond acceptors (Lipinski definition) is 4. The molecule has 6 nitrogen and oxygen atoms in total. The van der Waals surface area contributed by atoms with Crippen LogP contribution in [0.2, 0.25) is 0 Å². The largest absolute Gasteiger partial charge is 0.490 e. The molecule has 0 amide bonds. The molecule has 7 heteroatoms. The van der Waals surface area contributed by atoms with E-state index < -0.39 is 22.5 Å². The van der Waals surface area contributed by atoms with Crippen LogP contribution in [0, 0.1) is 0 Å². The summed E-state index contributed by atoms with van der Waals surface area (Å²) in [6.07, 6.45) is 0.683. The second-order valence-corrected chi connectivity index (χ2v) is 5.89. The van der Waals surface area contributed by atoms with Crippen molar-refractivity contribution >= 4 is 16.0 Å². The maximum Gasteiger partial charge on any atom is 0.318 e. The summed E-state index contributed by atoms with van der Waals surface area (Å²) in [5.74, 6) is -0.545. The Bertz CT molecular complexity index is 581. The highest BCUT2D eigenvalue weighted by Crippen LogP contribution is 2.30. The van der Waals surface area contributed by atoms with Gasteiger partial charge in [-0.2, -0.15) is 4.72 Å². The van der Waals surface area contributed by atoms with Crippen molar-refractivity contribution in [1.29, 1.82) is 0 Å². The summed E-state index contributed by atoms with van der Waals surface area (Å²) < 4.78 is 31.1. The van der Waals surface area contributed by atoms with Crippen LogP contribution in [-0.2, 0) is 21.2 Å². The zero-order valence-electron chi connectivity index (χ0n) is 9.71. The summed E-state index contributed by atoms with van der Waals surface area (Å²) >= 11 is 0. The Morgan fingerprint density at radius 1 is 1.56 bits per heavy atom.